The van der Waals surface area contributed by atoms with Crippen LogP contribution in [0.25, 0.3) is 5.69 Å². The summed E-state index contributed by atoms with van der Waals surface area (Å²) in [4.78, 5) is 35.8. The third-order valence-electron chi connectivity index (χ3n) is 4.06. The third-order valence-corrected chi connectivity index (χ3v) is 4.27. The summed E-state index contributed by atoms with van der Waals surface area (Å²) in [5.41, 5.74) is 5.91. The van der Waals surface area contributed by atoms with E-state index in [2.05, 4.69) is 4.98 Å². The van der Waals surface area contributed by atoms with Gasteiger partial charge in [-0.05, 0) is 30.3 Å². The van der Waals surface area contributed by atoms with Gasteiger partial charge in [0.05, 0.1) is 17.1 Å². The van der Waals surface area contributed by atoms with Crippen LogP contribution in [-0.2, 0) is 16.1 Å². The van der Waals surface area contributed by atoms with Gasteiger partial charge in [0.1, 0.15) is 5.75 Å². The molecule has 15 heteroatoms. The standard InChI is InChI=1S/C18H16ClFN4O4.C2HF3O2/c19-11-7-15(20)17(22-9-11)28-14-3-1-13(2-4-14)24-6-5-23(18(24)27)10-12(21)8-16(25)26;3-2(4,5)1(6)7/h1-7,9,12H,8,10,21H2,(H,25,26);(H,6,7)/t12-;/m0./s1. The van der Waals surface area contributed by atoms with Crippen LogP contribution >= 0.6 is 11.6 Å². The molecule has 0 spiro atoms. The number of ether oxygens (including phenoxy) is 1. The van der Waals surface area contributed by atoms with Crippen molar-refractivity contribution in [3.8, 4) is 17.3 Å². The van der Waals surface area contributed by atoms with Crippen LogP contribution < -0.4 is 16.2 Å². The Morgan fingerprint density at radius 2 is 1.77 bits per heavy atom. The predicted octanol–water partition coefficient (Wildman–Crippen LogP) is 3.05. The Bertz CT molecular complexity index is 1240. The number of alkyl halides is 3. The minimum Gasteiger partial charge on any atom is -0.481 e. The zero-order chi connectivity index (χ0) is 26.3. The van der Waals surface area contributed by atoms with Gasteiger partial charge in [-0.3, -0.25) is 13.9 Å². The summed E-state index contributed by atoms with van der Waals surface area (Å²) in [5, 5.41) is 16.0. The number of carboxylic acids is 2. The second kappa shape index (κ2) is 11.5. The minimum atomic E-state index is -5.08. The maximum absolute atomic E-state index is 13.8. The first-order valence-electron chi connectivity index (χ1n) is 9.42. The lowest BCUT2D eigenvalue weighted by Gasteiger charge is -2.09. The molecule has 0 amide bonds. The number of aliphatic carboxylic acids is 2. The van der Waals surface area contributed by atoms with Crippen LogP contribution in [-0.4, -0.2) is 48.5 Å². The molecule has 188 valence electrons. The van der Waals surface area contributed by atoms with Crippen LogP contribution in [0.15, 0.2) is 53.7 Å². The summed E-state index contributed by atoms with van der Waals surface area (Å²) in [5.74, 6) is -4.36. The molecule has 1 atom stereocenters. The molecule has 0 radical (unpaired) electrons. The van der Waals surface area contributed by atoms with Crippen LogP contribution in [0.3, 0.4) is 0 Å². The van der Waals surface area contributed by atoms with E-state index in [0.717, 1.165) is 6.07 Å². The average Bonchev–Trinajstić information content (AvgIpc) is 3.10. The Balaban J connectivity index is 0.000000540. The lowest BCUT2D eigenvalue weighted by atomic mass is 10.2. The maximum Gasteiger partial charge on any atom is 0.490 e. The van der Waals surface area contributed by atoms with E-state index in [-0.39, 0.29) is 29.6 Å². The van der Waals surface area contributed by atoms with Gasteiger partial charge in [0.15, 0.2) is 5.82 Å². The molecular formula is C20H17ClF4N4O6. The van der Waals surface area contributed by atoms with Gasteiger partial charge in [-0.15, -0.1) is 0 Å². The molecule has 0 aliphatic heterocycles. The number of carboxylic acid groups (broad SMARTS) is 2. The Kier molecular flexibility index (Phi) is 8.97. The number of pyridine rings is 1. The maximum atomic E-state index is 13.8. The molecule has 2 aromatic heterocycles. The first-order chi connectivity index (χ1) is 16.3. The van der Waals surface area contributed by atoms with Gasteiger partial charge in [0.2, 0.25) is 0 Å². The summed E-state index contributed by atoms with van der Waals surface area (Å²) in [6.07, 6.45) is -0.974. The van der Waals surface area contributed by atoms with Gasteiger partial charge in [-0.25, -0.2) is 19.0 Å². The molecule has 3 rings (SSSR count). The summed E-state index contributed by atoms with van der Waals surface area (Å²) in [6.45, 7) is 0.0842. The summed E-state index contributed by atoms with van der Waals surface area (Å²) in [7, 11) is 0. The molecule has 0 saturated carbocycles. The zero-order valence-corrected chi connectivity index (χ0v) is 18.2. The molecule has 0 bridgehead atoms. The van der Waals surface area contributed by atoms with Crippen LogP contribution in [0.2, 0.25) is 5.02 Å². The number of rotatable bonds is 7. The molecular weight excluding hydrogens is 504 g/mol. The topological polar surface area (TPSA) is 150 Å². The Morgan fingerprint density at radius 3 is 2.29 bits per heavy atom. The van der Waals surface area contributed by atoms with Crippen molar-refractivity contribution in [2.75, 3.05) is 0 Å². The van der Waals surface area contributed by atoms with Crippen molar-refractivity contribution in [1.82, 2.24) is 14.1 Å². The third kappa shape index (κ3) is 8.12. The number of hydrogen-bond donors (Lipinski definition) is 3. The molecule has 4 N–H and O–H groups in total. The SMILES string of the molecule is N[C@@H](CC(=O)O)Cn1ccn(-c2ccc(Oc3ncc(Cl)cc3F)cc2)c1=O.O=C(O)C(F)(F)F. The van der Waals surface area contributed by atoms with E-state index in [1.165, 1.54) is 21.5 Å². The number of aromatic nitrogens is 3. The fourth-order valence-electron chi connectivity index (χ4n) is 2.55. The highest BCUT2D eigenvalue weighted by Crippen LogP contribution is 2.24. The van der Waals surface area contributed by atoms with Crippen molar-refractivity contribution in [2.24, 2.45) is 5.73 Å². The predicted molar refractivity (Wildman–Crippen MR) is 113 cm³/mol. The quantitative estimate of drug-likeness (QED) is 0.402. The molecule has 0 unspecified atom stereocenters. The normalized spacial score (nSPS) is 11.8. The van der Waals surface area contributed by atoms with E-state index in [4.69, 9.17) is 37.1 Å². The van der Waals surface area contributed by atoms with Gasteiger partial charge in [-0.1, -0.05) is 11.6 Å². The highest BCUT2D eigenvalue weighted by molar-refractivity contribution is 6.30. The number of carbonyl (C=O) groups is 2. The number of nitrogens with zero attached hydrogens (tertiary/aromatic N) is 3. The first kappa shape index (κ1) is 27.3. The Hall–Kier alpha value is -3.91. The van der Waals surface area contributed by atoms with E-state index in [1.807, 2.05) is 0 Å². The molecule has 0 aliphatic carbocycles. The van der Waals surface area contributed by atoms with E-state index in [0.29, 0.717) is 11.4 Å². The number of nitrogens with two attached hydrogens (primary N) is 1. The van der Waals surface area contributed by atoms with Gasteiger partial charge in [0, 0.05) is 31.2 Å². The van der Waals surface area contributed by atoms with Crippen molar-refractivity contribution < 1.29 is 42.1 Å². The van der Waals surface area contributed by atoms with Crippen LogP contribution in [0, 0.1) is 5.82 Å². The summed E-state index contributed by atoms with van der Waals surface area (Å²) in [6, 6.07) is 6.77. The monoisotopic (exact) mass is 520 g/mol. The molecule has 1 aromatic carbocycles. The lowest BCUT2D eigenvalue weighted by Crippen LogP contribution is -2.34. The highest BCUT2D eigenvalue weighted by atomic mass is 35.5. The molecule has 3 aromatic rings. The van der Waals surface area contributed by atoms with Crippen LogP contribution in [0.1, 0.15) is 6.42 Å². The number of hydrogen-bond acceptors (Lipinski definition) is 6. The molecule has 0 aliphatic rings. The van der Waals surface area contributed by atoms with E-state index in [1.54, 1.807) is 30.5 Å². The zero-order valence-electron chi connectivity index (χ0n) is 17.4. The van der Waals surface area contributed by atoms with Crippen LogP contribution in [0.4, 0.5) is 17.6 Å². The van der Waals surface area contributed by atoms with Gasteiger partial charge in [-0.2, -0.15) is 13.2 Å². The van der Waals surface area contributed by atoms with Crippen molar-refractivity contribution in [1.29, 1.82) is 0 Å². The van der Waals surface area contributed by atoms with Gasteiger partial charge in [0.25, 0.3) is 5.88 Å². The van der Waals surface area contributed by atoms with Crippen molar-refractivity contribution >= 4 is 23.5 Å². The summed E-state index contributed by atoms with van der Waals surface area (Å²) >= 11 is 5.65. The fourth-order valence-corrected chi connectivity index (χ4v) is 2.70. The molecule has 0 fully saturated rings. The van der Waals surface area contributed by atoms with E-state index in [9.17, 15) is 27.2 Å². The van der Waals surface area contributed by atoms with Crippen molar-refractivity contribution in [2.45, 2.75) is 25.2 Å². The number of halogens is 5. The Labute approximate surface area is 198 Å². The van der Waals surface area contributed by atoms with Crippen LogP contribution in [0.5, 0.6) is 11.6 Å². The minimum absolute atomic E-state index is 0.0842. The smallest absolute Gasteiger partial charge is 0.481 e. The van der Waals surface area contributed by atoms with Gasteiger partial charge >= 0.3 is 23.8 Å². The largest absolute Gasteiger partial charge is 0.490 e. The fraction of sp³-hybridized carbons (Fsp3) is 0.200. The lowest BCUT2D eigenvalue weighted by molar-refractivity contribution is -0.192. The second-order valence-electron chi connectivity index (χ2n) is 6.80. The summed E-state index contributed by atoms with van der Waals surface area (Å²) < 4.78 is 53.6. The molecule has 0 saturated heterocycles. The molecule has 10 nitrogen and oxygen atoms in total. The molecule has 35 heavy (non-hydrogen) atoms. The van der Waals surface area contributed by atoms with E-state index >= 15 is 0 Å². The second-order valence-corrected chi connectivity index (χ2v) is 7.24. The first-order valence-corrected chi connectivity index (χ1v) is 9.80. The van der Waals surface area contributed by atoms with E-state index < -0.39 is 30.0 Å². The van der Waals surface area contributed by atoms with Crippen molar-refractivity contribution in [3.05, 3.63) is 70.2 Å². The van der Waals surface area contributed by atoms with Crippen molar-refractivity contribution in [3.63, 3.8) is 0 Å². The average molecular weight is 521 g/mol. The molecule has 2 heterocycles. The Morgan fingerprint density at radius 1 is 1.17 bits per heavy atom. The number of imidazole rings is 1. The van der Waals surface area contributed by atoms with Gasteiger partial charge < -0.3 is 20.7 Å². The highest BCUT2D eigenvalue weighted by Gasteiger charge is 2.38. The number of benzene rings is 1.